The van der Waals surface area contributed by atoms with Gasteiger partial charge in [-0.05, 0) is 69.4 Å². The fraction of sp³-hybridized carbons (Fsp3) is 0.483. The molecular formula is C29H36FN3O6. The number of anilines is 1. The molecule has 1 aliphatic heterocycles. The number of halogens is 1. The second kappa shape index (κ2) is 12.0. The Bertz CT molecular complexity index is 1340. The van der Waals surface area contributed by atoms with E-state index >= 15 is 0 Å². The number of carbonyl (C=O) groups is 2. The normalized spacial score (nSPS) is 21.4. The van der Waals surface area contributed by atoms with Crippen molar-refractivity contribution in [2.75, 3.05) is 26.2 Å². The topological polar surface area (TPSA) is 114 Å². The van der Waals surface area contributed by atoms with Gasteiger partial charge in [0.15, 0.2) is 0 Å². The number of hydrogen-bond donors (Lipinski definition) is 2. The van der Waals surface area contributed by atoms with Gasteiger partial charge in [0.1, 0.15) is 23.5 Å². The third kappa shape index (κ3) is 5.56. The molecule has 10 heteroatoms. The van der Waals surface area contributed by atoms with Crippen LogP contribution in [0.1, 0.15) is 68.1 Å². The first-order valence-corrected chi connectivity index (χ1v) is 13.2. The monoisotopic (exact) mass is 541 g/mol. The molecule has 0 spiro atoms. The zero-order valence-electron chi connectivity index (χ0n) is 22.8. The number of aliphatic hydroxyl groups excluding tert-OH is 1. The van der Waals surface area contributed by atoms with Crippen LogP contribution in [0.4, 0.5) is 10.1 Å². The van der Waals surface area contributed by atoms with Crippen LogP contribution < -0.4 is 9.64 Å². The quantitative estimate of drug-likeness (QED) is 0.434. The maximum absolute atomic E-state index is 14.2. The summed E-state index contributed by atoms with van der Waals surface area (Å²) in [5.41, 5.74) is 4.26. The van der Waals surface area contributed by atoms with Crippen LogP contribution in [0.25, 0.3) is 11.0 Å². The number of hydrogen-bond acceptors (Lipinski definition) is 7. The van der Waals surface area contributed by atoms with Crippen LogP contribution in [0.5, 0.6) is 5.75 Å². The molecule has 210 valence electrons. The van der Waals surface area contributed by atoms with Gasteiger partial charge in [-0.15, -0.1) is 0 Å². The minimum atomic E-state index is -1.23. The number of ether oxygens (including phenoxy) is 2. The van der Waals surface area contributed by atoms with E-state index in [4.69, 9.17) is 14.5 Å². The molecule has 2 N–H and O–H groups in total. The second-order valence-electron chi connectivity index (χ2n) is 10.2. The summed E-state index contributed by atoms with van der Waals surface area (Å²) in [5.74, 6) is -0.931. The molecule has 4 unspecified atom stereocenters. The SMILES string of the molecule is COC=O.COc1ccc(F)cc1C(O)c1nc2c3c(ccc2n1C1CCCC(C(=O)O)C1)N(C)C(C)CC3. The Kier molecular flexibility index (Phi) is 8.74. The van der Waals surface area contributed by atoms with Crippen LogP contribution in [0.3, 0.4) is 0 Å². The molecule has 1 fully saturated rings. The molecule has 1 aliphatic carbocycles. The molecule has 5 rings (SSSR count). The van der Waals surface area contributed by atoms with E-state index in [1.54, 1.807) is 0 Å². The van der Waals surface area contributed by atoms with Crippen molar-refractivity contribution in [2.45, 2.75) is 63.6 Å². The van der Waals surface area contributed by atoms with Crippen molar-refractivity contribution in [3.05, 3.63) is 53.1 Å². The Balaban J connectivity index is 0.000000826. The number of aromatic nitrogens is 2. The molecule has 2 heterocycles. The average Bonchev–Trinajstić information content (AvgIpc) is 3.34. The lowest BCUT2D eigenvalue weighted by Gasteiger charge is -2.34. The fourth-order valence-corrected chi connectivity index (χ4v) is 5.84. The number of fused-ring (bicyclic) bond motifs is 3. The number of benzene rings is 2. The van der Waals surface area contributed by atoms with Crippen molar-refractivity contribution in [1.29, 1.82) is 0 Å². The van der Waals surface area contributed by atoms with Crippen molar-refractivity contribution in [2.24, 2.45) is 5.92 Å². The van der Waals surface area contributed by atoms with Crippen LogP contribution in [0.2, 0.25) is 0 Å². The minimum Gasteiger partial charge on any atom is -0.496 e. The summed E-state index contributed by atoms with van der Waals surface area (Å²) >= 11 is 0. The van der Waals surface area contributed by atoms with Gasteiger partial charge in [-0.1, -0.05) is 6.42 Å². The highest BCUT2D eigenvalue weighted by molar-refractivity contribution is 5.86. The lowest BCUT2D eigenvalue weighted by atomic mass is 9.85. The summed E-state index contributed by atoms with van der Waals surface area (Å²) in [6.45, 7) is 2.57. The zero-order chi connectivity index (χ0) is 28.3. The smallest absolute Gasteiger partial charge is 0.306 e. The number of methoxy groups -OCH3 is 2. The van der Waals surface area contributed by atoms with E-state index in [-0.39, 0.29) is 6.04 Å². The van der Waals surface area contributed by atoms with Crippen molar-refractivity contribution < 1.29 is 33.7 Å². The van der Waals surface area contributed by atoms with Crippen LogP contribution in [0.15, 0.2) is 30.3 Å². The van der Waals surface area contributed by atoms with Crippen molar-refractivity contribution in [3.63, 3.8) is 0 Å². The average molecular weight is 542 g/mol. The van der Waals surface area contributed by atoms with E-state index in [2.05, 4.69) is 29.7 Å². The van der Waals surface area contributed by atoms with Crippen molar-refractivity contribution in [1.82, 2.24) is 9.55 Å². The minimum absolute atomic E-state index is 0.127. The summed E-state index contributed by atoms with van der Waals surface area (Å²) in [7, 11) is 4.88. The number of aliphatic hydroxyl groups is 1. The standard InChI is InChI=1S/C27H32FN3O4.C2H4O2/c1-15-7-9-19-21(30(15)2)10-11-22-24(19)29-26(25(32)20-14-17(28)8-12-23(20)35-3)31(22)18-6-4-5-16(13-18)27(33)34;1-4-2-3/h8,10-12,14-16,18,25,32H,4-7,9,13H2,1-3H3,(H,33,34);2H,1H3. The fourth-order valence-electron chi connectivity index (χ4n) is 5.84. The lowest BCUT2D eigenvalue weighted by molar-refractivity contribution is -0.143. The lowest BCUT2D eigenvalue weighted by Crippen LogP contribution is -2.33. The first-order chi connectivity index (χ1) is 18.7. The maximum Gasteiger partial charge on any atom is 0.306 e. The Morgan fingerprint density at radius 1 is 1.21 bits per heavy atom. The molecule has 39 heavy (non-hydrogen) atoms. The molecule has 0 bridgehead atoms. The van der Waals surface area contributed by atoms with E-state index in [0.717, 1.165) is 48.0 Å². The van der Waals surface area contributed by atoms with Gasteiger partial charge in [0.05, 0.1) is 31.2 Å². The number of rotatable bonds is 6. The highest BCUT2D eigenvalue weighted by atomic mass is 19.1. The summed E-state index contributed by atoms with van der Waals surface area (Å²) in [6.07, 6.45) is 3.33. The van der Waals surface area contributed by atoms with Gasteiger partial charge in [-0.2, -0.15) is 0 Å². The Morgan fingerprint density at radius 2 is 1.95 bits per heavy atom. The molecule has 0 saturated heterocycles. The molecule has 9 nitrogen and oxygen atoms in total. The summed E-state index contributed by atoms with van der Waals surface area (Å²) < 4.78 is 25.5. The summed E-state index contributed by atoms with van der Waals surface area (Å²) in [4.78, 5) is 28.0. The van der Waals surface area contributed by atoms with Gasteiger partial charge < -0.3 is 29.2 Å². The van der Waals surface area contributed by atoms with Gasteiger partial charge in [0, 0.05) is 35.9 Å². The van der Waals surface area contributed by atoms with Gasteiger partial charge in [0.2, 0.25) is 0 Å². The van der Waals surface area contributed by atoms with E-state index in [0.29, 0.717) is 42.5 Å². The highest BCUT2D eigenvalue weighted by Crippen LogP contribution is 2.42. The number of carboxylic acid groups (broad SMARTS) is 1. The predicted molar refractivity (Wildman–Crippen MR) is 145 cm³/mol. The van der Waals surface area contributed by atoms with Gasteiger partial charge in [-0.25, -0.2) is 9.37 Å². The van der Waals surface area contributed by atoms with Gasteiger partial charge >= 0.3 is 5.97 Å². The number of aliphatic carboxylic acids is 1. The molecule has 1 saturated carbocycles. The second-order valence-corrected chi connectivity index (χ2v) is 10.2. The molecule has 0 radical (unpaired) electrons. The molecule has 4 atom stereocenters. The van der Waals surface area contributed by atoms with Crippen LogP contribution in [0, 0.1) is 11.7 Å². The van der Waals surface area contributed by atoms with Gasteiger partial charge in [0.25, 0.3) is 6.47 Å². The van der Waals surface area contributed by atoms with Crippen molar-refractivity contribution in [3.8, 4) is 5.75 Å². The maximum atomic E-state index is 14.2. The number of imidazole rings is 1. The van der Waals surface area contributed by atoms with Gasteiger partial charge in [-0.3, -0.25) is 9.59 Å². The van der Waals surface area contributed by atoms with E-state index in [1.807, 2.05) is 10.6 Å². The van der Waals surface area contributed by atoms with E-state index < -0.39 is 23.8 Å². The Morgan fingerprint density at radius 3 is 2.62 bits per heavy atom. The molecule has 0 amide bonds. The van der Waals surface area contributed by atoms with Crippen LogP contribution in [-0.2, 0) is 20.7 Å². The first-order valence-electron chi connectivity index (χ1n) is 13.2. The van der Waals surface area contributed by atoms with Crippen LogP contribution >= 0.6 is 0 Å². The molecule has 1 aromatic heterocycles. The molecule has 3 aromatic rings. The summed E-state index contributed by atoms with van der Waals surface area (Å²) in [6, 6.07) is 8.49. The number of aryl methyl sites for hydroxylation is 1. The highest BCUT2D eigenvalue weighted by Gasteiger charge is 2.34. The molecular weight excluding hydrogens is 505 g/mol. The third-order valence-electron chi connectivity index (χ3n) is 8.01. The van der Waals surface area contributed by atoms with E-state index in [9.17, 15) is 19.4 Å². The van der Waals surface area contributed by atoms with Crippen molar-refractivity contribution >= 4 is 29.2 Å². The largest absolute Gasteiger partial charge is 0.496 e. The number of carboxylic acids is 1. The zero-order valence-corrected chi connectivity index (χ0v) is 22.8. The third-order valence-corrected chi connectivity index (χ3v) is 8.01. The molecule has 2 aromatic carbocycles. The Hall–Kier alpha value is -3.66. The first kappa shape index (κ1) is 28.4. The molecule has 2 aliphatic rings. The predicted octanol–water partition coefficient (Wildman–Crippen LogP) is 4.64. The summed E-state index contributed by atoms with van der Waals surface area (Å²) in [5, 5.41) is 21.3. The number of nitrogens with zero attached hydrogens (tertiary/aromatic N) is 3. The Labute approximate surface area is 227 Å². The number of carbonyl (C=O) groups excluding carboxylic acids is 1. The van der Waals surface area contributed by atoms with E-state index in [1.165, 1.54) is 32.4 Å². The van der Waals surface area contributed by atoms with Crippen LogP contribution in [-0.4, -0.2) is 59.5 Å².